The number of hydrogen-bond donors (Lipinski definition) is 0. The lowest BCUT2D eigenvalue weighted by atomic mass is 10.1. The molecule has 1 aliphatic heterocycles. The molecule has 0 aliphatic carbocycles. The van der Waals surface area contributed by atoms with Crippen molar-refractivity contribution in [2.24, 2.45) is 5.92 Å². The van der Waals surface area contributed by atoms with Crippen molar-refractivity contribution in [3.63, 3.8) is 0 Å². The molecule has 1 aromatic rings. The first-order chi connectivity index (χ1) is 8.10. The Hall–Kier alpha value is -1.96. The molecule has 1 saturated heterocycles. The molecule has 1 unspecified atom stereocenters. The molecule has 1 aromatic carbocycles. The Morgan fingerprint density at radius 1 is 1.47 bits per heavy atom. The van der Waals surface area contributed by atoms with E-state index in [1.54, 1.807) is 0 Å². The van der Waals surface area contributed by atoms with Crippen molar-refractivity contribution >= 4 is 5.91 Å². The molecule has 0 spiro atoms. The summed E-state index contributed by atoms with van der Waals surface area (Å²) in [5, 5.41) is 8.70. The number of nitrogens with zero attached hydrogens (tertiary/aromatic N) is 2. The van der Waals surface area contributed by atoms with Crippen LogP contribution < -0.4 is 0 Å². The Morgan fingerprint density at radius 2 is 2.24 bits per heavy atom. The second-order valence-corrected chi connectivity index (χ2v) is 4.04. The van der Waals surface area contributed by atoms with E-state index in [2.05, 4.69) is 0 Å². The molecule has 1 fully saturated rings. The van der Waals surface area contributed by atoms with Gasteiger partial charge >= 0.3 is 0 Å². The number of nitriles is 1. The van der Waals surface area contributed by atoms with Gasteiger partial charge in [0, 0.05) is 25.1 Å². The van der Waals surface area contributed by atoms with Crippen LogP contribution in [0.4, 0.5) is 8.78 Å². The Labute approximate surface area is 97.3 Å². The van der Waals surface area contributed by atoms with Crippen LogP contribution in [0.1, 0.15) is 12.0 Å². The number of benzene rings is 1. The summed E-state index contributed by atoms with van der Waals surface area (Å²) in [4.78, 5) is 12.9. The Bertz CT molecular complexity index is 496. The Morgan fingerprint density at radius 3 is 2.88 bits per heavy atom. The molecule has 1 amide bonds. The van der Waals surface area contributed by atoms with E-state index in [0.29, 0.717) is 0 Å². The number of halogens is 2. The third kappa shape index (κ3) is 2.41. The zero-order valence-corrected chi connectivity index (χ0v) is 8.99. The van der Waals surface area contributed by atoms with Crippen molar-refractivity contribution < 1.29 is 13.6 Å². The van der Waals surface area contributed by atoms with Gasteiger partial charge in [0.2, 0.25) is 5.91 Å². The smallest absolute Gasteiger partial charge is 0.224 e. The quantitative estimate of drug-likeness (QED) is 0.786. The average molecular weight is 236 g/mol. The summed E-state index contributed by atoms with van der Waals surface area (Å²) in [6, 6.07) is 5.14. The summed E-state index contributed by atoms with van der Waals surface area (Å²) >= 11 is 0. The van der Waals surface area contributed by atoms with Crippen LogP contribution in [0.3, 0.4) is 0 Å². The molecule has 0 bridgehead atoms. The number of carbonyl (C=O) groups is 1. The van der Waals surface area contributed by atoms with Gasteiger partial charge in [0.25, 0.3) is 0 Å². The monoisotopic (exact) mass is 236 g/mol. The van der Waals surface area contributed by atoms with Crippen molar-refractivity contribution in [2.45, 2.75) is 13.0 Å². The van der Waals surface area contributed by atoms with Crippen molar-refractivity contribution in [1.82, 2.24) is 4.90 Å². The predicted octanol–water partition coefficient (Wildman–Crippen LogP) is 1.84. The summed E-state index contributed by atoms with van der Waals surface area (Å²) < 4.78 is 26.3. The maximum absolute atomic E-state index is 13.4. The topological polar surface area (TPSA) is 44.1 Å². The summed E-state index contributed by atoms with van der Waals surface area (Å²) in [6.45, 7) is 0.298. The zero-order chi connectivity index (χ0) is 12.4. The fourth-order valence-corrected chi connectivity index (χ4v) is 1.88. The molecule has 3 nitrogen and oxygen atoms in total. The molecule has 0 saturated carbocycles. The molecule has 5 heteroatoms. The van der Waals surface area contributed by atoms with E-state index in [-0.39, 0.29) is 36.9 Å². The number of likely N-dealkylation sites (tertiary alicyclic amines) is 1. The van der Waals surface area contributed by atoms with Gasteiger partial charge in [-0.15, -0.1) is 0 Å². The number of hydrogen-bond acceptors (Lipinski definition) is 2. The summed E-state index contributed by atoms with van der Waals surface area (Å²) in [7, 11) is 0. The van der Waals surface area contributed by atoms with Gasteiger partial charge in [0.15, 0.2) is 0 Å². The first-order valence-corrected chi connectivity index (χ1v) is 5.21. The second kappa shape index (κ2) is 4.50. The van der Waals surface area contributed by atoms with E-state index in [9.17, 15) is 13.6 Å². The molecule has 0 N–H and O–H groups in total. The zero-order valence-electron chi connectivity index (χ0n) is 8.99. The minimum absolute atomic E-state index is 0.0145. The molecule has 1 atom stereocenters. The van der Waals surface area contributed by atoms with E-state index >= 15 is 0 Å². The van der Waals surface area contributed by atoms with Gasteiger partial charge in [-0.3, -0.25) is 4.79 Å². The van der Waals surface area contributed by atoms with Crippen molar-refractivity contribution in [3.8, 4) is 6.07 Å². The van der Waals surface area contributed by atoms with Crippen LogP contribution in [-0.4, -0.2) is 17.4 Å². The fraction of sp³-hybridized carbons (Fsp3) is 0.333. The molecule has 2 rings (SSSR count). The van der Waals surface area contributed by atoms with Crippen LogP contribution in [0, 0.1) is 28.9 Å². The van der Waals surface area contributed by atoms with Gasteiger partial charge in [-0.25, -0.2) is 8.78 Å². The van der Waals surface area contributed by atoms with Gasteiger partial charge in [-0.1, -0.05) is 0 Å². The standard InChI is InChI=1S/C12H10F2N2O/c13-10-1-2-11(14)9(4-10)7-16-6-8(5-15)3-12(16)17/h1-2,4,8H,3,6-7H2. The average Bonchev–Trinajstić information content (AvgIpc) is 2.65. The van der Waals surface area contributed by atoms with Crippen LogP contribution in [0.15, 0.2) is 18.2 Å². The van der Waals surface area contributed by atoms with Gasteiger partial charge < -0.3 is 4.90 Å². The maximum Gasteiger partial charge on any atom is 0.224 e. The molecule has 88 valence electrons. The van der Waals surface area contributed by atoms with Crippen LogP contribution in [0.2, 0.25) is 0 Å². The van der Waals surface area contributed by atoms with E-state index < -0.39 is 11.6 Å². The number of rotatable bonds is 2. The van der Waals surface area contributed by atoms with Crippen molar-refractivity contribution in [3.05, 3.63) is 35.4 Å². The number of amides is 1. The van der Waals surface area contributed by atoms with Crippen molar-refractivity contribution in [2.75, 3.05) is 6.54 Å². The summed E-state index contributed by atoms with van der Waals surface area (Å²) in [6.07, 6.45) is 0.160. The molecule has 1 heterocycles. The van der Waals surface area contributed by atoms with Crippen molar-refractivity contribution in [1.29, 1.82) is 5.26 Å². The highest BCUT2D eigenvalue weighted by Crippen LogP contribution is 2.20. The highest BCUT2D eigenvalue weighted by atomic mass is 19.1. The van der Waals surface area contributed by atoms with E-state index in [4.69, 9.17) is 5.26 Å². The van der Waals surface area contributed by atoms with Gasteiger partial charge in [0.1, 0.15) is 11.6 Å². The van der Waals surface area contributed by atoms with Crippen LogP contribution in [0.5, 0.6) is 0 Å². The van der Waals surface area contributed by atoms with Crippen LogP contribution in [-0.2, 0) is 11.3 Å². The molecule has 1 aliphatic rings. The van der Waals surface area contributed by atoms with Crippen LogP contribution in [0.25, 0.3) is 0 Å². The highest BCUT2D eigenvalue weighted by molar-refractivity contribution is 5.79. The van der Waals surface area contributed by atoms with Gasteiger partial charge in [0.05, 0.1) is 12.0 Å². The van der Waals surface area contributed by atoms with E-state index in [1.165, 1.54) is 4.90 Å². The fourth-order valence-electron chi connectivity index (χ4n) is 1.88. The SMILES string of the molecule is N#CC1CC(=O)N(Cc2cc(F)ccc2F)C1. The Balaban J connectivity index is 2.14. The molecular formula is C12H10F2N2O. The molecule has 0 aromatic heterocycles. The largest absolute Gasteiger partial charge is 0.337 e. The maximum atomic E-state index is 13.4. The second-order valence-electron chi connectivity index (χ2n) is 4.04. The highest BCUT2D eigenvalue weighted by Gasteiger charge is 2.29. The first kappa shape index (κ1) is 11.5. The Kier molecular flexibility index (Phi) is 3.05. The molecule has 17 heavy (non-hydrogen) atoms. The van der Waals surface area contributed by atoms with Gasteiger partial charge in [-0.2, -0.15) is 5.26 Å². The van der Waals surface area contributed by atoms with E-state index in [0.717, 1.165) is 18.2 Å². The molecule has 0 radical (unpaired) electrons. The van der Waals surface area contributed by atoms with E-state index in [1.807, 2.05) is 6.07 Å². The lowest BCUT2D eigenvalue weighted by molar-refractivity contribution is -0.128. The summed E-state index contributed by atoms with van der Waals surface area (Å²) in [5.41, 5.74) is 0.136. The van der Waals surface area contributed by atoms with Crippen LogP contribution >= 0.6 is 0 Å². The first-order valence-electron chi connectivity index (χ1n) is 5.21. The third-order valence-corrected chi connectivity index (χ3v) is 2.77. The number of carbonyl (C=O) groups excluding carboxylic acids is 1. The normalized spacial score (nSPS) is 19.5. The molecular weight excluding hydrogens is 226 g/mol. The lowest BCUT2D eigenvalue weighted by Crippen LogP contribution is -2.25. The summed E-state index contributed by atoms with van der Waals surface area (Å²) in [5.74, 6) is -1.62. The third-order valence-electron chi connectivity index (χ3n) is 2.77. The minimum atomic E-state index is -0.542. The van der Waals surface area contributed by atoms with Gasteiger partial charge in [-0.05, 0) is 18.2 Å². The minimum Gasteiger partial charge on any atom is -0.337 e. The predicted molar refractivity (Wildman–Crippen MR) is 55.5 cm³/mol. The lowest BCUT2D eigenvalue weighted by Gasteiger charge is -2.16.